The molecule has 0 aliphatic rings. The molecule has 0 rings (SSSR count). The molecule has 0 aromatic rings. The van der Waals surface area contributed by atoms with Gasteiger partial charge in [-0.25, -0.2) is 0 Å². The molecule has 0 radical (unpaired) electrons. The van der Waals surface area contributed by atoms with Crippen LogP contribution in [-0.4, -0.2) is 25.2 Å². The molecule has 29 heavy (non-hydrogen) atoms. The number of ether oxygens (including phenoxy) is 2. The predicted molar refractivity (Wildman–Crippen MR) is 121 cm³/mol. The van der Waals surface area contributed by atoms with E-state index in [2.05, 4.69) is 26.0 Å². The van der Waals surface area contributed by atoms with Gasteiger partial charge in [0, 0.05) is 12.8 Å². The largest absolute Gasteiger partial charge is 0.466 e. The Morgan fingerprint density at radius 3 is 1.55 bits per heavy atom. The van der Waals surface area contributed by atoms with E-state index in [1.54, 1.807) is 0 Å². The molecule has 0 aromatic heterocycles. The lowest BCUT2D eigenvalue weighted by molar-refractivity contribution is -0.144. The summed E-state index contributed by atoms with van der Waals surface area (Å²) >= 11 is 0. The van der Waals surface area contributed by atoms with E-state index in [-0.39, 0.29) is 11.9 Å². The number of carbonyl (C=O) groups excluding carboxylic acids is 2. The molecule has 4 nitrogen and oxygen atoms in total. The van der Waals surface area contributed by atoms with Gasteiger partial charge in [0.2, 0.25) is 0 Å². The van der Waals surface area contributed by atoms with Crippen LogP contribution in [0.5, 0.6) is 0 Å². The molecule has 4 heteroatoms. The Kier molecular flexibility index (Phi) is 21.9. The second-order valence-electron chi connectivity index (χ2n) is 7.88. The zero-order valence-corrected chi connectivity index (χ0v) is 19.2. The fourth-order valence-electron chi connectivity index (χ4n) is 3.06. The molecule has 0 atom stereocenters. The van der Waals surface area contributed by atoms with Crippen molar-refractivity contribution in [2.45, 2.75) is 123 Å². The van der Waals surface area contributed by atoms with E-state index in [0.29, 0.717) is 26.1 Å². The van der Waals surface area contributed by atoms with E-state index in [4.69, 9.17) is 9.47 Å². The lowest BCUT2D eigenvalue weighted by Crippen LogP contribution is -2.05. The Morgan fingerprint density at radius 2 is 1.00 bits per heavy atom. The molecule has 0 saturated heterocycles. The number of allylic oxidation sites excluding steroid dienone is 2. The standard InChI is InChI=1S/C25H46O4/c1-3-5-7-8-9-12-15-19-23-29-25(27)21-17-14-11-10-13-16-20-24(26)28-22-18-6-4-2/h9,12H,3-8,10-11,13-23H2,1-2H3/b12-9+. The highest BCUT2D eigenvalue weighted by Gasteiger charge is 2.04. The van der Waals surface area contributed by atoms with Crippen LogP contribution >= 0.6 is 0 Å². The van der Waals surface area contributed by atoms with Crippen molar-refractivity contribution in [3.05, 3.63) is 12.2 Å². The number of carbonyl (C=O) groups is 2. The van der Waals surface area contributed by atoms with Crippen LogP contribution in [0.2, 0.25) is 0 Å². The van der Waals surface area contributed by atoms with Crippen molar-refractivity contribution in [1.29, 1.82) is 0 Å². The molecule has 0 heterocycles. The van der Waals surface area contributed by atoms with Crippen LogP contribution in [0.25, 0.3) is 0 Å². The van der Waals surface area contributed by atoms with Crippen molar-refractivity contribution in [1.82, 2.24) is 0 Å². The molecule has 0 aliphatic carbocycles. The lowest BCUT2D eigenvalue weighted by Gasteiger charge is -2.05. The minimum atomic E-state index is -0.0669. The van der Waals surface area contributed by atoms with Crippen LogP contribution < -0.4 is 0 Å². The summed E-state index contributed by atoms with van der Waals surface area (Å²) in [5.74, 6) is -0.126. The van der Waals surface area contributed by atoms with Gasteiger partial charge in [-0.15, -0.1) is 0 Å². The molecule has 0 aliphatic heterocycles. The fraction of sp³-hybridized carbons (Fsp3) is 0.840. The summed E-state index contributed by atoms with van der Waals surface area (Å²) in [6.07, 6.45) is 21.8. The van der Waals surface area contributed by atoms with E-state index < -0.39 is 0 Å². The fourth-order valence-corrected chi connectivity index (χ4v) is 3.06. The molecule has 0 amide bonds. The molecular weight excluding hydrogens is 364 g/mol. The van der Waals surface area contributed by atoms with Gasteiger partial charge in [-0.2, -0.15) is 0 Å². The van der Waals surface area contributed by atoms with Crippen LogP contribution in [0.1, 0.15) is 123 Å². The first-order chi connectivity index (χ1) is 14.2. The quantitative estimate of drug-likeness (QED) is 0.113. The minimum Gasteiger partial charge on any atom is -0.466 e. The monoisotopic (exact) mass is 410 g/mol. The lowest BCUT2D eigenvalue weighted by atomic mass is 10.1. The zero-order chi connectivity index (χ0) is 21.4. The smallest absolute Gasteiger partial charge is 0.305 e. The second kappa shape index (κ2) is 23.0. The molecule has 0 aromatic carbocycles. The summed E-state index contributed by atoms with van der Waals surface area (Å²) in [6, 6.07) is 0. The SMILES string of the molecule is CCCCC/C=C/CCCOC(=O)CCCCCCCCC(=O)OCCCCC. The van der Waals surface area contributed by atoms with Crippen LogP contribution in [-0.2, 0) is 19.1 Å². The van der Waals surface area contributed by atoms with Gasteiger partial charge in [-0.3, -0.25) is 9.59 Å². The van der Waals surface area contributed by atoms with Gasteiger partial charge in [-0.1, -0.05) is 77.4 Å². The van der Waals surface area contributed by atoms with Gasteiger partial charge in [0.05, 0.1) is 13.2 Å². The Balaban J connectivity index is 3.30. The average molecular weight is 411 g/mol. The normalized spacial score (nSPS) is 11.1. The maximum absolute atomic E-state index is 11.7. The molecule has 0 bridgehead atoms. The molecule has 0 N–H and O–H groups in total. The van der Waals surface area contributed by atoms with Gasteiger partial charge < -0.3 is 9.47 Å². The number of hydrogen-bond acceptors (Lipinski definition) is 4. The molecular formula is C25H46O4. The van der Waals surface area contributed by atoms with Gasteiger partial charge >= 0.3 is 11.9 Å². The third-order valence-electron chi connectivity index (χ3n) is 4.94. The number of hydrogen-bond donors (Lipinski definition) is 0. The topological polar surface area (TPSA) is 52.6 Å². The van der Waals surface area contributed by atoms with E-state index in [0.717, 1.165) is 77.0 Å². The first-order valence-electron chi connectivity index (χ1n) is 12.2. The van der Waals surface area contributed by atoms with Crippen molar-refractivity contribution >= 4 is 11.9 Å². The van der Waals surface area contributed by atoms with Crippen LogP contribution in [0.4, 0.5) is 0 Å². The van der Waals surface area contributed by atoms with Gasteiger partial charge in [-0.05, 0) is 44.9 Å². The maximum atomic E-state index is 11.7. The van der Waals surface area contributed by atoms with E-state index in [9.17, 15) is 9.59 Å². The third-order valence-corrected chi connectivity index (χ3v) is 4.94. The summed E-state index contributed by atoms with van der Waals surface area (Å²) in [5, 5.41) is 0. The Hall–Kier alpha value is -1.32. The molecule has 0 unspecified atom stereocenters. The van der Waals surface area contributed by atoms with Crippen molar-refractivity contribution in [2.24, 2.45) is 0 Å². The Bertz CT molecular complexity index is 404. The first kappa shape index (κ1) is 27.7. The van der Waals surface area contributed by atoms with Gasteiger partial charge in [0.15, 0.2) is 0 Å². The summed E-state index contributed by atoms with van der Waals surface area (Å²) in [6.45, 7) is 5.46. The highest BCUT2D eigenvalue weighted by atomic mass is 16.5. The molecule has 0 spiro atoms. The zero-order valence-electron chi connectivity index (χ0n) is 19.2. The molecule has 0 fully saturated rings. The van der Waals surface area contributed by atoms with Crippen LogP contribution in [0.15, 0.2) is 12.2 Å². The summed E-state index contributed by atoms with van der Waals surface area (Å²) in [4.78, 5) is 23.2. The van der Waals surface area contributed by atoms with E-state index in [1.807, 2.05) is 0 Å². The highest BCUT2D eigenvalue weighted by molar-refractivity contribution is 5.69. The number of rotatable bonds is 21. The second-order valence-corrected chi connectivity index (χ2v) is 7.88. The van der Waals surface area contributed by atoms with Crippen LogP contribution in [0, 0.1) is 0 Å². The van der Waals surface area contributed by atoms with E-state index >= 15 is 0 Å². The van der Waals surface area contributed by atoms with Crippen molar-refractivity contribution < 1.29 is 19.1 Å². The predicted octanol–water partition coefficient (Wildman–Crippen LogP) is 7.30. The van der Waals surface area contributed by atoms with Crippen molar-refractivity contribution in [2.75, 3.05) is 13.2 Å². The van der Waals surface area contributed by atoms with Crippen LogP contribution in [0.3, 0.4) is 0 Å². The summed E-state index contributed by atoms with van der Waals surface area (Å²) in [7, 11) is 0. The van der Waals surface area contributed by atoms with Crippen molar-refractivity contribution in [3.8, 4) is 0 Å². The minimum absolute atomic E-state index is 0.0594. The average Bonchev–Trinajstić information content (AvgIpc) is 2.72. The number of unbranched alkanes of at least 4 members (excludes halogenated alkanes) is 11. The summed E-state index contributed by atoms with van der Waals surface area (Å²) < 4.78 is 10.5. The highest BCUT2D eigenvalue weighted by Crippen LogP contribution is 2.10. The van der Waals surface area contributed by atoms with Crippen molar-refractivity contribution in [3.63, 3.8) is 0 Å². The molecule has 170 valence electrons. The van der Waals surface area contributed by atoms with Gasteiger partial charge in [0.1, 0.15) is 0 Å². The third kappa shape index (κ3) is 22.8. The first-order valence-corrected chi connectivity index (χ1v) is 12.2. The molecule has 0 saturated carbocycles. The Labute approximate surface area is 179 Å². The number of esters is 2. The van der Waals surface area contributed by atoms with E-state index in [1.165, 1.54) is 19.3 Å². The van der Waals surface area contributed by atoms with Gasteiger partial charge in [0.25, 0.3) is 0 Å². The summed E-state index contributed by atoms with van der Waals surface area (Å²) in [5.41, 5.74) is 0. The maximum Gasteiger partial charge on any atom is 0.305 e. The Morgan fingerprint density at radius 1 is 0.552 bits per heavy atom.